The van der Waals surface area contributed by atoms with Gasteiger partial charge in [0.05, 0.1) is 15.6 Å². The maximum atomic E-state index is 10.4. The molecule has 0 aromatic heterocycles. The Hall–Kier alpha value is -0.240. The molecule has 1 N–H and O–H groups in total. The summed E-state index contributed by atoms with van der Waals surface area (Å²) in [6.07, 6.45) is 3.96. The lowest BCUT2D eigenvalue weighted by molar-refractivity contribution is 0.0451. The maximum absolute atomic E-state index is 10.4. The van der Waals surface area contributed by atoms with E-state index in [-0.39, 0.29) is 0 Å². The standard InChI is InChI=1S/C13H18Cl2O/c1-3-4-5-9-13(2,16)10-7-6-8-11(14)12(10)15/h6-8,16H,3-5,9H2,1-2H3. The van der Waals surface area contributed by atoms with E-state index in [0.717, 1.165) is 24.8 Å². The first-order chi connectivity index (χ1) is 7.49. The first-order valence-corrected chi connectivity index (χ1v) is 6.41. The van der Waals surface area contributed by atoms with Gasteiger partial charge in [-0.15, -0.1) is 0 Å². The van der Waals surface area contributed by atoms with E-state index in [1.807, 2.05) is 12.1 Å². The molecule has 0 aliphatic heterocycles. The van der Waals surface area contributed by atoms with Crippen molar-refractivity contribution in [2.75, 3.05) is 0 Å². The van der Waals surface area contributed by atoms with E-state index in [9.17, 15) is 5.11 Å². The van der Waals surface area contributed by atoms with Crippen LogP contribution in [0.3, 0.4) is 0 Å². The van der Waals surface area contributed by atoms with E-state index in [1.165, 1.54) is 0 Å². The number of aliphatic hydroxyl groups is 1. The van der Waals surface area contributed by atoms with Crippen molar-refractivity contribution >= 4 is 23.2 Å². The molecule has 3 heteroatoms. The summed E-state index contributed by atoms with van der Waals surface area (Å²) < 4.78 is 0. The lowest BCUT2D eigenvalue weighted by Crippen LogP contribution is -2.21. The van der Waals surface area contributed by atoms with Crippen LogP contribution in [-0.2, 0) is 5.60 Å². The fourth-order valence-corrected chi connectivity index (χ4v) is 2.28. The number of hydrogen-bond acceptors (Lipinski definition) is 1. The predicted molar refractivity (Wildman–Crippen MR) is 70.2 cm³/mol. The molecule has 1 atom stereocenters. The van der Waals surface area contributed by atoms with Gasteiger partial charge in [-0.3, -0.25) is 0 Å². The molecule has 0 saturated heterocycles. The second-order valence-corrected chi connectivity index (χ2v) is 5.12. The summed E-state index contributed by atoms with van der Waals surface area (Å²) in [5.74, 6) is 0. The summed E-state index contributed by atoms with van der Waals surface area (Å²) in [5.41, 5.74) is -0.172. The lowest BCUT2D eigenvalue weighted by atomic mass is 9.90. The fraction of sp³-hybridized carbons (Fsp3) is 0.538. The van der Waals surface area contributed by atoms with Gasteiger partial charge in [0.25, 0.3) is 0 Å². The highest BCUT2D eigenvalue weighted by molar-refractivity contribution is 6.42. The van der Waals surface area contributed by atoms with Gasteiger partial charge in [0, 0.05) is 5.56 Å². The number of halogens is 2. The van der Waals surface area contributed by atoms with E-state index in [0.29, 0.717) is 16.5 Å². The minimum absolute atomic E-state index is 0.464. The van der Waals surface area contributed by atoms with Crippen molar-refractivity contribution in [2.24, 2.45) is 0 Å². The molecule has 90 valence electrons. The number of benzene rings is 1. The molecule has 0 aliphatic carbocycles. The quantitative estimate of drug-likeness (QED) is 0.756. The van der Waals surface area contributed by atoms with E-state index < -0.39 is 5.60 Å². The number of hydrogen-bond donors (Lipinski definition) is 1. The zero-order valence-electron chi connectivity index (χ0n) is 9.76. The van der Waals surface area contributed by atoms with Gasteiger partial charge in [-0.05, 0) is 19.4 Å². The first-order valence-electron chi connectivity index (χ1n) is 5.66. The Morgan fingerprint density at radius 1 is 1.25 bits per heavy atom. The Kier molecular flexibility index (Phi) is 5.10. The molecule has 0 fully saturated rings. The maximum Gasteiger partial charge on any atom is 0.0883 e. The highest BCUT2D eigenvalue weighted by Gasteiger charge is 2.25. The van der Waals surface area contributed by atoms with Crippen molar-refractivity contribution in [3.63, 3.8) is 0 Å². The Labute approximate surface area is 107 Å². The van der Waals surface area contributed by atoms with Crippen molar-refractivity contribution in [2.45, 2.75) is 45.1 Å². The third-order valence-corrected chi connectivity index (χ3v) is 3.62. The van der Waals surface area contributed by atoms with Gasteiger partial charge in [-0.25, -0.2) is 0 Å². The third-order valence-electron chi connectivity index (χ3n) is 2.80. The average molecular weight is 261 g/mol. The molecule has 0 bridgehead atoms. The summed E-state index contributed by atoms with van der Waals surface area (Å²) in [4.78, 5) is 0. The van der Waals surface area contributed by atoms with E-state index in [1.54, 1.807) is 13.0 Å². The third kappa shape index (κ3) is 3.38. The van der Waals surface area contributed by atoms with Crippen LogP contribution < -0.4 is 0 Å². The summed E-state index contributed by atoms with van der Waals surface area (Å²) >= 11 is 12.0. The molecular formula is C13H18Cl2O. The van der Waals surface area contributed by atoms with Crippen molar-refractivity contribution in [3.8, 4) is 0 Å². The highest BCUT2D eigenvalue weighted by Crippen LogP contribution is 2.35. The van der Waals surface area contributed by atoms with Crippen LogP contribution in [0.25, 0.3) is 0 Å². The normalized spacial score (nSPS) is 14.8. The molecule has 16 heavy (non-hydrogen) atoms. The summed E-state index contributed by atoms with van der Waals surface area (Å²) in [6, 6.07) is 5.38. The van der Waals surface area contributed by atoms with Crippen LogP contribution in [0.4, 0.5) is 0 Å². The Bertz CT molecular complexity index is 348. The average Bonchev–Trinajstić information content (AvgIpc) is 2.22. The van der Waals surface area contributed by atoms with Crippen LogP contribution in [0, 0.1) is 0 Å². The van der Waals surface area contributed by atoms with Gasteiger partial charge in [-0.1, -0.05) is 61.5 Å². The van der Waals surface area contributed by atoms with Crippen LogP contribution in [0.15, 0.2) is 18.2 Å². The minimum atomic E-state index is -0.892. The zero-order valence-corrected chi connectivity index (χ0v) is 11.3. The van der Waals surface area contributed by atoms with Crippen LogP contribution in [0.2, 0.25) is 10.0 Å². The van der Waals surface area contributed by atoms with Gasteiger partial charge < -0.3 is 5.11 Å². The van der Waals surface area contributed by atoms with E-state index in [2.05, 4.69) is 6.92 Å². The van der Waals surface area contributed by atoms with E-state index in [4.69, 9.17) is 23.2 Å². The molecule has 0 amide bonds. The SMILES string of the molecule is CCCCCC(C)(O)c1cccc(Cl)c1Cl. The largest absolute Gasteiger partial charge is 0.385 e. The van der Waals surface area contributed by atoms with E-state index >= 15 is 0 Å². The second kappa shape index (κ2) is 5.90. The Morgan fingerprint density at radius 3 is 2.56 bits per heavy atom. The molecule has 0 spiro atoms. The van der Waals surface area contributed by atoms with Crippen molar-refractivity contribution < 1.29 is 5.11 Å². The molecular weight excluding hydrogens is 243 g/mol. The molecule has 0 heterocycles. The molecule has 0 saturated carbocycles. The fourth-order valence-electron chi connectivity index (χ4n) is 1.77. The second-order valence-electron chi connectivity index (χ2n) is 4.33. The molecule has 1 aromatic carbocycles. The van der Waals surface area contributed by atoms with Gasteiger partial charge in [-0.2, -0.15) is 0 Å². The van der Waals surface area contributed by atoms with Crippen LogP contribution in [0.1, 0.15) is 45.1 Å². The van der Waals surface area contributed by atoms with Crippen molar-refractivity contribution in [1.29, 1.82) is 0 Å². The summed E-state index contributed by atoms with van der Waals surface area (Å²) in [6.45, 7) is 3.93. The van der Waals surface area contributed by atoms with Gasteiger partial charge in [0.15, 0.2) is 0 Å². The lowest BCUT2D eigenvalue weighted by Gasteiger charge is -2.25. The number of rotatable bonds is 5. The monoisotopic (exact) mass is 260 g/mol. The molecule has 1 aromatic rings. The first kappa shape index (κ1) is 13.8. The van der Waals surface area contributed by atoms with Crippen molar-refractivity contribution in [1.82, 2.24) is 0 Å². The zero-order chi connectivity index (χ0) is 12.2. The van der Waals surface area contributed by atoms with Gasteiger partial charge in [0.1, 0.15) is 0 Å². The molecule has 0 radical (unpaired) electrons. The molecule has 1 nitrogen and oxygen atoms in total. The topological polar surface area (TPSA) is 20.2 Å². The number of unbranched alkanes of at least 4 members (excludes halogenated alkanes) is 2. The molecule has 1 rings (SSSR count). The van der Waals surface area contributed by atoms with Gasteiger partial charge >= 0.3 is 0 Å². The van der Waals surface area contributed by atoms with Crippen LogP contribution in [0.5, 0.6) is 0 Å². The Morgan fingerprint density at radius 2 is 1.94 bits per heavy atom. The summed E-state index contributed by atoms with van der Waals surface area (Å²) in [7, 11) is 0. The van der Waals surface area contributed by atoms with Crippen LogP contribution >= 0.6 is 23.2 Å². The predicted octanol–water partition coefficient (Wildman–Crippen LogP) is 4.78. The summed E-state index contributed by atoms with van der Waals surface area (Å²) in [5, 5.41) is 11.3. The Balaban J connectivity index is 2.84. The van der Waals surface area contributed by atoms with Gasteiger partial charge in [0.2, 0.25) is 0 Å². The molecule has 1 unspecified atom stereocenters. The highest BCUT2D eigenvalue weighted by atomic mass is 35.5. The molecule has 0 aliphatic rings. The van der Waals surface area contributed by atoms with Crippen molar-refractivity contribution in [3.05, 3.63) is 33.8 Å². The smallest absolute Gasteiger partial charge is 0.0883 e. The minimum Gasteiger partial charge on any atom is -0.385 e. The van der Waals surface area contributed by atoms with Crippen LogP contribution in [-0.4, -0.2) is 5.11 Å².